The third-order valence-electron chi connectivity index (χ3n) is 4.86. The Morgan fingerprint density at radius 3 is 2.50 bits per heavy atom. The molecule has 8 heteroatoms. The van der Waals surface area contributed by atoms with Gasteiger partial charge in [0.1, 0.15) is 6.04 Å². The zero-order valence-corrected chi connectivity index (χ0v) is 14.7. The van der Waals surface area contributed by atoms with Crippen LogP contribution in [0.4, 0.5) is 5.69 Å². The van der Waals surface area contributed by atoms with Crippen molar-refractivity contribution >= 4 is 29.2 Å². The van der Waals surface area contributed by atoms with Crippen molar-refractivity contribution in [2.24, 2.45) is 0 Å². The number of fused-ring (bicyclic) bond motifs is 1. The number of aliphatic hydroxyl groups excluding tert-OH is 1. The minimum absolute atomic E-state index is 0.175. The van der Waals surface area contributed by atoms with E-state index >= 15 is 0 Å². The molecule has 2 aromatic carbocycles. The van der Waals surface area contributed by atoms with Crippen LogP contribution in [0.5, 0.6) is 0 Å². The molecule has 0 radical (unpaired) electrons. The van der Waals surface area contributed by atoms with Gasteiger partial charge in [-0.25, -0.2) is 0 Å². The van der Waals surface area contributed by atoms with Crippen LogP contribution in [0.3, 0.4) is 0 Å². The lowest BCUT2D eigenvalue weighted by atomic mass is 10.0. The minimum Gasteiger partial charge on any atom is -0.380 e. The Kier molecular flexibility index (Phi) is 4.40. The number of aliphatic hydroxyl groups is 1. The van der Waals surface area contributed by atoms with Gasteiger partial charge in [0.2, 0.25) is 5.91 Å². The lowest BCUT2D eigenvalue weighted by Crippen LogP contribution is -2.59. The molecule has 0 aromatic heterocycles. The van der Waals surface area contributed by atoms with Crippen molar-refractivity contribution in [1.82, 2.24) is 10.2 Å². The molecule has 2 unspecified atom stereocenters. The van der Waals surface area contributed by atoms with Crippen LogP contribution in [0.25, 0.3) is 0 Å². The first-order valence-electron chi connectivity index (χ1n) is 8.77. The molecule has 2 atom stereocenters. The molecule has 2 aromatic rings. The van der Waals surface area contributed by atoms with Crippen LogP contribution >= 0.6 is 0 Å². The van der Waals surface area contributed by atoms with Crippen LogP contribution in [0.1, 0.15) is 32.7 Å². The van der Waals surface area contributed by atoms with E-state index in [1.165, 1.54) is 6.07 Å². The molecule has 3 amide bonds. The van der Waals surface area contributed by atoms with E-state index < -0.39 is 42.2 Å². The normalized spacial score (nSPS) is 21.5. The van der Waals surface area contributed by atoms with E-state index in [0.29, 0.717) is 12.2 Å². The van der Waals surface area contributed by atoms with Crippen LogP contribution in [0, 0.1) is 0 Å². The first-order valence-corrected chi connectivity index (χ1v) is 8.77. The van der Waals surface area contributed by atoms with Gasteiger partial charge in [0, 0.05) is 18.7 Å². The van der Waals surface area contributed by atoms with Gasteiger partial charge < -0.3 is 15.7 Å². The molecule has 2 aliphatic rings. The minimum atomic E-state index is -1.61. The van der Waals surface area contributed by atoms with Gasteiger partial charge in [-0.15, -0.1) is 0 Å². The van der Waals surface area contributed by atoms with Crippen LogP contribution in [-0.2, 0) is 16.1 Å². The molecule has 1 saturated heterocycles. The molecule has 2 heterocycles. The van der Waals surface area contributed by atoms with Gasteiger partial charge in [-0.3, -0.25) is 24.1 Å². The molecule has 0 aliphatic carbocycles. The Morgan fingerprint density at radius 2 is 1.75 bits per heavy atom. The van der Waals surface area contributed by atoms with E-state index in [1.807, 2.05) is 30.3 Å². The summed E-state index contributed by atoms with van der Waals surface area (Å²) >= 11 is 0. The van der Waals surface area contributed by atoms with Gasteiger partial charge in [0.25, 0.3) is 11.8 Å². The molecule has 8 nitrogen and oxygen atoms in total. The summed E-state index contributed by atoms with van der Waals surface area (Å²) in [5, 5.41) is 14.7. The molecule has 0 spiro atoms. The maximum atomic E-state index is 13.0. The highest BCUT2D eigenvalue weighted by atomic mass is 16.3. The lowest BCUT2D eigenvalue weighted by molar-refractivity contribution is -0.144. The van der Waals surface area contributed by atoms with Crippen LogP contribution in [-0.4, -0.2) is 45.8 Å². The summed E-state index contributed by atoms with van der Waals surface area (Å²) in [6, 6.07) is 13.1. The quantitative estimate of drug-likeness (QED) is 0.673. The number of carbonyl (C=O) groups excluding carboxylic acids is 4. The smallest absolute Gasteiger partial charge is 0.264 e. The largest absolute Gasteiger partial charge is 0.380 e. The van der Waals surface area contributed by atoms with E-state index in [-0.39, 0.29) is 11.1 Å². The lowest BCUT2D eigenvalue weighted by Gasteiger charge is -2.30. The van der Waals surface area contributed by atoms with E-state index in [1.54, 1.807) is 12.1 Å². The topological polar surface area (TPSA) is 116 Å². The monoisotopic (exact) mass is 379 g/mol. The maximum Gasteiger partial charge on any atom is 0.264 e. The van der Waals surface area contributed by atoms with Crippen molar-refractivity contribution in [3.8, 4) is 0 Å². The Labute approximate surface area is 160 Å². The molecule has 28 heavy (non-hydrogen) atoms. The fourth-order valence-corrected chi connectivity index (χ4v) is 3.44. The Bertz CT molecular complexity index is 989. The molecular formula is C20H17N3O5. The number of amides is 3. The van der Waals surface area contributed by atoms with Gasteiger partial charge in [-0.1, -0.05) is 36.4 Å². The van der Waals surface area contributed by atoms with Crippen LogP contribution in [0.15, 0.2) is 48.5 Å². The maximum absolute atomic E-state index is 13.0. The van der Waals surface area contributed by atoms with Crippen LogP contribution in [0.2, 0.25) is 0 Å². The second-order valence-electron chi connectivity index (χ2n) is 6.64. The van der Waals surface area contributed by atoms with Crippen molar-refractivity contribution < 1.29 is 24.3 Å². The molecule has 142 valence electrons. The molecule has 4 rings (SSSR count). The molecule has 0 bridgehead atoms. The zero-order valence-electron chi connectivity index (χ0n) is 14.7. The summed E-state index contributed by atoms with van der Waals surface area (Å²) < 4.78 is 0. The van der Waals surface area contributed by atoms with Gasteiger partial charge in [-0.05, 0) is 17.7 Å². The summed E-state index contributed by atoms with van der Waals surface area (Å²) in [5.74, 6) is -2.66. The number of nitrogens with zero attached hydrogens (tertiary/aromatic N) is 1. The van der Waals surface area contributed by atoms with Crippen LogP contribution < -0.4 is 10.6 Å². The fraction of sp³-hybridized carbons (Fsp3) is 0.200. The SMILES string of the molecule is O=C1CC(N2C(=O)c3cccc(NCc4ccccc4)c3C2=O)C(=O)NC1O. The fourth-order valence-electron chi connectivity index (χ4n) is 3.44. The first kappa shape index (κ1) is 17.9. The van der Waals surface area contributed by atoms with Gasteiger partial charge >= 0.3 is 0 Å². The predicted octanol–water partition coefficient (Wildman–Crippen LogP) is 0.671. The summed E-state index contributed by atoms with van der Waals surface area (Å²) in [6.07, 6.45) is -2.02. The van der Waals surface area contributed by atoms with Crippen molar-refractivity contribution in [3.05, 3.63) is 65.2 Å². The Morgan fingerprint density at radius 1 is 1.00 bits per heavy atom. The van der Waals surface area contributed by atoms with Gasteiger partial charge in [0.05, 0.1) is 11.1 Å². The van der Waals surface area contributed by atoms with E-state index in [9.17, 15) is 24.3 Å². The predicted molar refractivity (Wildman–Crippen MR) is 98.3 cm³/mol. The number of carbonyl (C=O) groups is 4. The zero-order chi connectivity index (χ0) is 19.8. The highest BCUT2D eigenvalue weighted by molar-refractivity contribution is 6.25. The standard InChI is InChI=1S/C20H17N3O5/c24-15-9-14(17(25)22-18(15)26)23-19(27)12-7-4-8-13(16(12)20(23)28)21-10-11-5-2-1-3-6-11/h1-8,14,18,21,26H,9-10H2,(H,22,25). The molecular weight excluding hydrogens is 362 g/mol. The van der Waals surface area contributed by atoms with E-state index in [2.05, 4.69) is 10.6 Å². The van der Waals surface area contributed by atoms with Gasteiger partial charge in [-0.2, -0.15) is 0 Å². The average molecular weight is 379 g/mol. The van der Waals surface area contributed by atoms with Gasteiger partial charge in [0.15, 0.2) is 12.0 Å². The van der Waals surface area contributed by atoms with E-state index in [4.69, 9.17) is 0 Å². The van der Waals surface area contributed by atoms with Crippen molar-refractivity contribution in [2.75, 3.05) is 5.32 Å². The third kappa shape index (κ3) is 2.93. The molecule has 2 aliphatic heterocycles. The second kappa shape index (κ2) is 6.90. The summed E-state index contributed by atoms with van der Waals surface area (Å²) in [4.78, 5) is 50.6. The number of benzene rings is 2. The summed E-state index contributed by atoms with van der Waals surface area (Å²) in [5.41, 5.74) is 1.83. The number of hydrogen-bond donors (Lipinski definition) is 3. The highest BCUT2D eigenvalue weighted by Crippen LogP contribution is 2.32. The molecule has 0 saturated carbocycles. The number of anilines is 1. The van der Waals surface area contributed by atoms with Crippen molar-refractivity contribution in [3.63, 3.8) is 0 Å². The number of rotatable bonds is 4. The average Bonchev–Trinajstić information content (AvgIpc) is 2.95. The summed E-state index contributed by atoms with van der Waals surface area (Å²) in [7, 11) is 0. The third-order valence-corrected chi connectivity index (χ3v) is 4.86. The molecule has 1 fully saturated rings. The molecule has 3 N–H and O–H groups in total. The Balaban J connectivity index is 1.62. The first-order chi connectivity index (χ1) is 13.5. The second-order valence-corrected chi connectivity index (χ2v) is 6.64. The Hall–Kier alpha value is -3.52. The number of hydrogen-bond acceptors (Lipinski definition) is 6. The summed E-state index contributed by atoms with van der Waals surface area (Å²) in [6.45, 7) is 0.452. The number of Topliss-reactive ketones (excluding diaryl/α,β-unsaturated/α-hetero) is 1. The number of ketones is 1. The van der Waals surface area contributed by atoms with Crippen molar-refractivity contribution in [2.45, 2.75) is 25.2 Å². The van der Waals surface area contributed by atoms with E-state index in [0.717, 1.165) is 10.5 Å². The van der Waals surface area contributed by atoms with Crippen molar-refractivity contribution in [1.29, 1.82) is 0 Å². The number of nitrogens with one attached hydrogen (secondary N) is 2. The number of piperidine rings is 1. The number of imide groups is 1. The highest BCUT2D eigenvalue weighted by Gasteiger charge is 2.47.